The minimum absolute atomic E-state index is 0.588. The molecule has 0 radical (unpaired) electrons. The van der Waals surface area contributed by atoms with Crippen LogP contribution in [0.4, 0.5) is 0 Å². The number of aromatic nitrogens is 5. The third-order valence-electron chi connectivity index (χ3n) is 9.62. The van der Waals surface area contributed by atoms with Gasteiger partial charge in [0, 0.05) is 33.4 Å². The van der Waals surface area contributed by atoms with E-state index in [2.05, 4.69) is 72.8 Å². The van der Waals surface area contributed by atoms with Crippen molar-refractivity contribution in [3.05, 3.63) is 200 Å². The highest BCUT2D eigenvalue weighted by atomic mass is 15.0. The Morgan fingerprint density at radius 2 is 0.607 bits per heavy atom. The first-order chi connectivity index (χ1) is 27.7. The molecule has 0 aliphatic carbocycles. The monoisotopic (exact) mass is 716 g/mol. The van der Waals surface area contributed by atoms with Crippen molar-refractivity contribution >= 4 is 0 Å². The molecule has 0 fully saturated rings. The lowest BCUT2D eigenvalue weighted by Gasteiger charge is -2.11. The van der Waals surface area contributed by atoms with Gasteiger partial charge in [-0.2, -0.15) is 5.26 Å². The summed E-state index contributed by atoms with van der Waals surface area (Å²) in [6, 6.07) is 67.1. The second-order valence-electron chi connectivity index (χ2n) is 13.3. The Morgan fingerprint density at radius 3 is 1.12 bits per heavy atom. The van der Waals surface area contributed by atoms with Gasteiger partial charge in [0.25, 0.3) is 0 Å². The first-order valence-electron chi connectivity index (χ1n) is 18.3. The van der Waals surface area contributed by atoms with Crippen LogP contribution in [0.15, 0.2) is 194 Å². The summed E-state index contributed by atoms with van der Waals surface area (Å²) in [6.45, 7) is 0. The Balaban J connectivity index is 1.05. The van der Waals surface area contributed by atoms with Gasteiger partial charge >= 0.3 is 0 Å². The Hall–Kier alpha value is -7.88. The van der Waals surface area contributed by atoms with E-state index >= 15 is 0 Å². The summed E-state index contributed by atoms with van der Waals surface area (Å²) in [5.74, 6) is 2.47. The van der Waals surface area contributed by atoms with E-state index in [4.69, 9.17) is 24.9 Å². The van der Waals surface area contributed by atoms with Gasteiger partial charge in [0.2, 0.25) is 0 Å². The van der Waals surface area contributed by atoms with E-state index in [1.54, 1.807) is 0 Å². The summed E-state index contributed by atoms with van der Waals surface area (Å²) in [7, 11) is 0. The number of benzene rings is 7. The highest BCUT2D eigenvalue weighted by Crippen LogP contribution is 2.32. The zero-order chi connectivity index (χ0) is 37.7. The number of rotatable bonds is 8. The van der Waals surface area contributed by atoms with Gasteiger partial charge in [-0.15, -0.1) is 0 Å². The molecule has 2 heterocycles. The molecular formula is C50H32N6. The first-order valence-corrected chi connectivity index (χ1v) is 18.3. The van der Waals surface area contributed by atoms with Gasteiger partial charge in [0.05, 0.1) is 23.0 Å². The normalized spacial score (nSPS) is 10.8. The lowest BCUT2D eigenvalue weighted by atomic mass is 10.00. The molecule has 0 bridgehead atoms. The summed E-state index contributed by atoms with van der Waals surface area (Å²) in [6.07, 6.45) is 0. The molecule has 6 heteroatoms. The molecule has 0 atom stereocenters. The number of hydrogen-bond donors (Lipinski definition) is 0. The maximum atomic E-state index is 9.20. The Labute approximate surface area is 325 Å². The van der Waals surface area contributed by atoms with Crippen LogP contribution in [0.3, 0.4) is 0 Å². The van der Waals surface area contributed by atoms with E-state index in [9.17, 15) is 5.26 Å². The van der Waals surface area contributed by atoms with Crippen LogP contribution in [0.1, 0.15) is 5.56 Å². The van der Waals surface area contributed by atoms with Gasteiger partial charge < -0.3 is 0 Å². The second-order valence-corrected chi connectivity index (χ2v) is 13.3. The molecule has 0 unspecified atom stereocenters. The summed E-state index contributed by atoms with van der Waals surface area (Å²) < 4.78 is 0. The molecule has 0 spiro atoms. The Morgan fingerprint density at radius 1 is 0.268 bits per heavy atom. The largest absolute Gasteiger partial charge is 0.228 e. The van der Waals surface area contributed by atoms with E-state index in [1.807, 2.05) is 127 Å². The van der Waals surface area contributed by atoms with Gasteiger partial charge in [-0.1, -0.05) is 170 Å². The molecule has 0 saturated heterocycles. The fourth-order valence-electron chi connectivity index (χ4n) is 6.64. The van der Waals surface area contributed by atoms with E-state index in [0.717, 1.165) is 67.0 Å². The lowest BCUT2D eigenvalue weighted by molar-refractivity contribution is 1.07. The minimum Gasteiger partial charge on any atom is -0.228 e. The van der Waals surface area contributed by atoms with Gasteiger partial charge in [0.15, 0.2) is 23.3 Å². The van der Waals surface area contributed by atoms with Gasteiger partial charge in [0.1, 0.15) is 0 Å². The van der Waals surface area contributed by atoms with Crippen molar-refractivity contribution in [2.24, 2.45) is 0 Å². The molecule has 0 amide bonds. The average Bonchev–Trinajstić information content (AvgIpc) is 3.30. The summed E-state index contributed by atoms with van der Waals surface area (Å²) >= 11 is 0. The van der Waals surface area contributed by atoms with Crippen molar-refractivity contribution in [3.8, 4) is 96.4 Å². The zero-order valence-electron chi connectivity index (χ0n) is 30.2. The molecule has 0 saturated carbocycles. The van der Waals surface area contributed by atoms with Crippen LogP contribution < -0.4 is 0 Å². The Bertz CT molecular complexity index is 2760. The molecule has 2 aromatic heterocycles. The SMILES string of the molecule is N#Cc1ccc(-c2ccc(-c3nc(-c4ccccc4)nc(-c4cccc(-c5ccc(-c6cc(-c7ccccc7)nc(-c7ccccc7)n6)cc5)c4)n3)cc2)cc1. The van der Waals surface area contributed by atoms with Crippen molar-refractivity contribution in [1.82, 2.24) is 24.9 Å². The number of nitriles is 1. The van der Waals surface area contributed by atoms with Gasteiger partial charge in [-0.25, -0.2) is 24.9 Å². The molecule has 7 aromatic carbocycles. The lowest BCUT2D eigenvalue weighted by Crippen LogP contribution is -2.00. The van der Waals surface area contributed by atoms with Gasteiger partial charge in [-0.3, -0.25) is 0 Å². The summed E-state index contributed by atoms with van der Waals surface area (Å²) in [4.78, 5) is 24.8. The molecule has 6 nitrogen and oxygen atoms in total. The van der Waals surface area contributed by atoms with Gasteiger partial charge in [-0.05, 0) is 46.5 Å². The number of hydrogen-bond acceptors (Lipinski definition) is 6. The maximum Gasteiger partial charge on any atom is 0.164 e. The molecular weight excluding hydrogens is 685 g/mol. The smallest absolute Gasteiger partial charge is 0.164 e. The van der Waals surface area contributed by atoms with E-state index in [0.29, 0.717) is 28.9 Å². The highest BCUT2D eigenvalue weighted by molar-refractivity contribution is 5.77. The minimum atomic E-state index is 0.588. The molecule has 0 aliphatic rings. The average molecular weight is 717 g/mol. The third-order valence-corrected chi connectivity index (χ3v) is 9.62. The second kappa shape index (κ2) is 15.2. The van der Waals surface area contributed by atoms with Crippen molar-refractivity contribution in [2.45, 2.75) is 0 Å². The molecule has 0 N–H and O–H groups in total. The Kier molecular flexibility index (Phi) is 9.23. The van der Waals surface area contributed by atoms with Crippen LogP contribution >= 0.6 is 0 Å². The quantitative estimate of drug-likeness (QED) is 0.156. The van der Waals surface area contributed by atoms with Crippen LogP contribution in [0, 0.1) is 11.3 Å². The fourth-order valence-corrected chi connectivity index (χ4v) is 6.64. The van der Waals surface area contributed by atoms with Crippen LogP contribution in [-0.4, -0.2) is 24.9 Å². The van der Waals surface area contributed by atoms with Crippen LogP contribution in [0.2, 0.25) is 0 Å². The number of nitrogens with zero attached hydrogens (tertiary/aromatic N) is 6. The van der Waals surface area contributed by atoms with Crippen molar-refractivity contribution in [1.29, 1.82) is 5.26 Å². The predicted molar refractivity (Wildman–Crippen MR) is 224 cm³/mol. The molecule has 9 rings (SSSR count). The van der Waals surface area contributed by atoms with Crippen LogP contribution in [0.25, 0.3) is 90.3 Å². The highest BCUT2D eigenvalue weighted by Gasteiger charge is 2.15. The third kappa shape index (κ3) is 7.21. The van der Waals surface area contributed by atoms with Crippen LogP contribution in [0.5, 0.6) is 0 Å². The summed E-state index contributed by atoms with van der Waals surface area (Å²) in [5.41, 5.74) is 12.2. The first kappa shape index (κ1) is 33.9. The topological polar surface area (TPSA) is 88.2 Å². The molecule has 9 aromatic rings. The maximum absolute atomic E-state index is 9.20. The van der Waals surface area contributed by atoms with E-state index in [-0.39, 0.29) is 0 Å². The standard InChI is InChI=1S/C50H32N6/c51-33-34-19-21-35(22-20-34)36-25-29-42(30-26-36)49-54-48(41-15-8-3-9-16-41)55-50(56-49)44-18-10-17-43(31-44)37-23-27-39(28-24-37)46-32-45(38-11-4-1-5-12-38)52-47(53-46)40-13-6-2-7-14-40/h1-32H. The fraction of sp³-hybridized carbons (Fsp3) is 0. The van der Waals surface area contributed by atoms with E-state index < -0.39 is 0 Å². The molecule has 56 heavy (non-hydrogen) atoms. The van der Waals surface area contributed by atoms with Crippen molar-refractivity contribution in [2.75, 3.05) is 0 Å². The molecule has 262 valence electrons. The zero-order valence-corrected chi connectivity index (χ0v) is 30.2. The van der Waals surface area contributed by atoms with E-state index in [1.165, 1.54) is 0 Å². The van der Waals surface area contributed by atoms with Crippen molar-refractivity contribution < 1.29 is 0 Å². The van der Waals surface area contributed by atoms with Crippen LogP contribution in [-0.2, 0) is 0 Å². The molecule has 0 aliphatic heterocycles. The predicted octanol–water partition coefficient (Wildman–Crippen LogP) is 11.9. The summed E-state index contributed by atoms with van der Waals surface area (Å²) in [5, 5.41) is 9.20. The van der Waals surface area contributed by atoms with Crippen molar-refractivity contribution in [3.63, 3.8) is 0 Å².